The van der Waals surface area contributed by atoms with Crippen molar-refractivity contribution >= 4 is 34.4 Å². The largest absolute Gasteiger partial charge is 0.468 e. The van der Waals surface area contributed by atoms with Gasteiger partial charge in [-0.2, -0.15) is 0 Å². The highest BCUT2D eigenvalue weighted by atomic mass is 16.5. The Hall–Kier alpha value is -3.01. The van der Waals surface area contributed by atoms with Crippen LogP contribution in [0.2, 0.25) is 0 Å². The highest BCUT2D eigenvalue weighted by Crippen LogP contribution is 2.22. The minimum Gasteiger partial charge on any atom is -0.468 e. The van der Waals surface area contributed by atoms with Crippen LogP contribution in [0, 0.1) is 5.92 Å². The predicted molar refractivity (Wildman–Crippen MR) is 109 cm³/mol. The number of nitrogens with zero attached hydrogens (tertiary/aromatic N) is 3. The maximum absolute atomic E-state index is 13.0. The molecule has 10 heteroatoms. The molecule has 0 radical (unpaired) electrons. The zero-order valence-electron chi connectivity index (χ0n) is 17.2. The number of fused-ring (bicyclic) bond motifs is 1. The van der Waals surface area contributed by atoms with Crippen molar-refractivity contribution in [2.75, 3.05) is 38.0 Å². The summed E-state index contributed by atoms with van der Waals surface area (Å²) in [5.41, 5.74) is -0.220. The van der Waals surface area contributed by atoms with Crippen molar-refractivity contribution in [1.82, 2.24) is 14.5 Å². The van der Waals surface area contributed by atoms with Crippen LogP contribution in [0.5, 0.6) is 0 Å². The quantitative estimate of drug-likeness (QED) is 0.449. The summed E-state index contributed by atoms with van der Waals surface area (Å²) in [6.45, 7) is 4.42. The molecule has 0 saturated carbocycles. The van der Waals surface area contributed by atoms with Gasteiger partial charge in [0.1, 0.15) is 30.0 Å². The fourth-order valence-electron chi connectivity index (χ4n) is 2.92. The van der Waals surface area contributed by atoms with Crippen LogP contribution >= 0.6 is 0 Å². The Morgan fingerprint density at radius 3 is 2.55 bits per heavy atom. The highest BCUT2D eigenvalue weighted by Gasteiger charge is 2.20. The third-order valence-electron chi connectivity index (χ3n) is 4.61. The van der Waals surface area contributed by atoms with E-state index in [-0.39, 0.29) is 29.7 Å². The van der Waals surface area contributed by atoms with Gasteiger partial charge in [-0.15, -0.1) is 0 Å². The number of hydrogen-bond acceptors (Lipinski definition) is 8. The molecule has 29 heavy (non-hydrogen) atoms. The monoisotopic (exact) mass is 405 g/mol. The summed E-state index contributed by atoms with van der Waals surface area (Å²) in [6, 6.07) is 1.53. The van der Waals surface area contributed by atoms with Crippen molar-refractivity contribution in [1.29, 1.82) is 0 Å². The summed E-state index contributed by atoms with van der Waals surface area (Å²) in [4.78, 5) is 45.8. The van der Waals surface area contributed by atoms with Crippen LogP contribution in [0.3, 0.4) is 0 Å². The number of aromatic nitrogens is 3. The molecule has 0 aliphatic heterocycles. The predicted octanol–water partition coefficient (Wildman–Crippen LogP) is 1.40. The normalized spacial score (nSPS) is 10.9. The molecule has 2 rings (SSSR count). The minimum atomic E-state index is -0.607. The van der Waals surface area contributed by atoms with E-state index in [2.05, 4.69) is 20.6 Å². The number of methoxy groups -OCH3 is 2. The molecule has 0 fully saturated rings. The minimum absolute atomic E-state index is 0.0582. The smallest absolute Gasteiger partial charge is 0.325 e. The van der Waals surface area contributed by atoms with Crippen molar-refractivity contribution in [2.24, 2.45) is 5.92 Å². The van der Waals surface area contributed by atoms with Crippen molar-refractivity contribution in [3.8, 4) is 0 Å². The van der Waals surface area contributed by atoms with Gasteiger partial charge in [0.05, 0.1) is 19.1 Å². The van der Waals surface area contributed by atoms with Gasteiger partial charge in [0.2, 0.25) is 5.91 Å². The van der Waals surface area contributed by atoms with Crippen LogP contribution in [0.1, 0.15) is 26.7 Å². The van der Waals surface area contributed by atoms with Gasteiger partial charge >= 0.3 is 5.97 Å². The first-order valence-corrected chi connectivity index (χ1v) is 9.45. The summed E-state index contributed by atoms with van der Waals surface area (Å²) < 4.78 is 10.9. The van der Waals surface area contributed by atoms with E-state index in [1.165, 1.54) is 24.1 Å². The molecule has 2 heterocycles. The first-order valence-electron chi connectivity index (χ1n) is 9.45. The third-order valence-corrected chi connectivity index (χ3v) is 4.61. The first kappa shape index (κ1) is 22.3. The summed E-state index contributed by atoms with van der Waals surface area (Å²) in [5, 5.41) is 6.30. The Kier molecular flexibility index (Phi) is 8.08. The van der Waals surface area contributed by atoms with Gasteiger partial charge in [-0.05, 0) is 18.9 Å². The zero-order chi connectivity index (χ0) is 21.4. The Morgan fingerprint density at radius 1 is 1.21 bits per heavy atom. The van der Waals surface area contributed by atoms with Crippen LogP contribution in [-0.4, -0.2) is 53.8 Å². The van der Waals surface area contributed by atoms with E-state index in [1.54, 1.807) is 7.11 Å². The summed E-state index contributed by atoms with van der Waals surface area (Å²) in [5.74, 6) is -0.611. The average molecular weight is 405 g/mol. The second-order valence-electron chi connectivity index (χ2n) is 6.41. The Morgan fingerprint density at radius 2 is 1.93 bits per heavy atom. The van der Waals surface area contributed by atoms with Gasteiger partial charge in [0.25, 0.3) is 5.56 Å². The van der Waals surface area contributed by atoms with E-state index in [0.29, 0.717) is 37.2 Å². The number of esters is 1. The lowest BCUT2D eigenvalue weighted by molar-refractivity contribution is -0.141. The van der Waals surface area contributed by atoms with Gasteiger partial charge in [-0.1, -0.05) is 13.8 Å². The summed E-state index contributed by atoms with van der Waals surface area (Å²) in [6.07, 6.45) is 2.60. The lowest BCUT2D eigenvalue weighted by Crippen LogP contribution is -2.31. The van der Waals surface area contributed by atoms with E-state index >= 15 is 0 Å². The number of carbonyl (C=O) groups is 2. The summed E-state index contributed by atoms with van der Waals surface area (Å²) >= 11 is 0. The molecular weight excluding hydrogens is 378 g/mol. The second kappa shape index (κ2) is 10.5. The van der Waals surface area contributed by atoms with Crippen molar-refractivity contribution in [3.05, 3.63) is 22.7 Å². The number of hydrogen-bond donors (Lipinski definition) is 2. The van der Waals surface area contributed by atoms with E-state index in [9.17, 15) is 14.4 Å². The highest BCUT2D eigenvalue weighted by molar-refractivity contribution is 5.96. The van der Waals surface area contributed by atoms with E-state index in [1.807, 2.05) is 13.8 Å². The number of pyridine rings is 1. The molecule has 2 aromatic heterocycles. The van der Waals surface area contributed by atoms with Gasteiger partial charge in [0.15, 0.2) is 0 Å². The van der Waals surface area contributed by atoms with Crippen LogP contribution in [0.4, 0.5) is 11.5 Å². The molecule has 0 atom stereocenters. The first-order chi connectivity index (χ1) is 14.0. The number of amides is 1. The zero-order valence-corrected chi connectivity index (χ0v) is 17.2. The molecule has 0 bridgehead atoms. The van der Waals surface area contributed by atoms with Gasteiger partial charge in [-0.3, -0.25) is 19.0 Å². The van der Waals surface area contributed by atoms with Crippen molar-refractivity contribution in [2.45, 2.75) is 33.2 Å². The number of nitrogens with one attached hydrogen (secondary N) is 2. The Labute approximate surface area is 168 Å². The maximum atomic E-state index is 13.0. The average Bonchev–Trinajstić information content (AvgIpc) is 2.72. The molecule has 0 aromatic carbocycles. The van der Waals surface area contributed by atoms with Gasteiger partial charge in [0, 0.05) is 19.6 Å². The number of rotatable bonds is 10. The fraction of sp³-hybridized carbons (Fsp3) is 0.526. The van der Waals surface area contributed by atoms with E-state index < -0.39 is 11.5 Å². The van der Waals surface area contributed by atoms with Crippen molar-refractivity contribution in [3.63, 3.8) is 0 Å². The standard InChI is InChI=1S/C19H27N5O5/c1-5-12(6-2)18(26)23-14-9-13-16(20-7-8-28-3)21-11-22-17(13)24(19(14)27)10-15(25)29-4/h9,11-12H,5-8,10H2,1-4H3,(H,23,26)(H,20,21,22). The number of anilines is 2. The molecule has 1 amide bonds. The lowest BCUT2D eigenvalue weighted by Gasteiger charge is -2.16. The molecular formula is C19H27N5O5. The fourth-order valence-corrected chi connectivity index (χ4v) is 2.92. The van der Waals surface area contributed by atoms with Crippen LogP contribution in [0.25, 0.3) is 11.0 Å². The molecule has 0 unspecified atom stereocenters. The number of ether oxygens (including phenoxy) is 2. The van der Waals surface area contributed by atoms with Crippen LogP contribution < -0.4 is 16.2 Å². The number of carbonyl (C=O) groups excluding carboxylic acids is 2. The van der Waals surface area contributed by atoms with E-state index in [0.717, 1.165) is 0 Å². The van der Waals surface area contributed by atoms with Gasteiger partial charge in [-0.25, -0.2) is 9.97 Å². The maximum Gasteiger partial charge on any atom is 0.325 e. The second-order valence-corrected chi connectivity index (χ2v) is 6.41. The summed E-state index contributed by atoms with van der Waals surface area (Å²) in [7, 11) is 2.82. The van der Waals surface area contributed by atoms with Crippen LogP contribution in [-0.2, 0) is 25.6 Å². The Balaban J connectivity index is 2.59. The SMILES string of the molecule is CCC(CC)C(=O)Nc1cc2c(NCCOC)ncnc2n(CC(=O)OC)c1=O. The van der Waals surface area contributed by atoms with Crippen molar-refractivity contribution < 1.29 is 19.1 Å². The molecule has 10 nitrogen and oxygen atoms in total. The third kappa shape index (κ3) is 5.29. The molecule has 158 valence electrons. The molecule has 0 aliphatic rings. The van der Waals surface area contributed by atoms with Gasteiger partial charge < -0.3 is 20.1 Å². The van der Waals surface area contributed by atoms with Crippen LogP contribution in [0.15, 0.2) is 17.2 Å². The molecule has 2 aromatic rings. The lowest BCUT2D eigenvalue weighted by atomic mass is 10.0. The molecule has 0 saturated heterocycles. The molecule has 0 spiro atoms. The van der Waals surface area contributed by atoms with E-state index in [4.69, 9.17) is 9.47 Å². The Bertz CT molecular complexity index is 923. The molecule has 2 N–H and O–H groups in total. The molecule has 0 aliphatic carbocycles. The topological polar surface area (TPSA) is 124 Å².